The molecular weight excluding hydrogens is 244 g/mol. The molecule has 1 amide bonds. The van der Waals surface area contributed by atoms with Crippen LogP contribution in [0.5, 0.6) is 0 Å². The third-order valence-electron chi connectivity index (χ3n) is 3.77. The Morgan fingerprint density at radius 2 is 2.33 bits per heavy atom. The van der Waals surface area contributed by atoms with E-state index >= 15 is 0 Å². The predicted molar refractivity (Wildman–Crippen MR) is 75.4 cm³/mol. The van der Waals surface area contributed by atoms with Gasteiger partial charge in [0.25, 0.3) is 0 Å². The molecule has 1 aromatic rings. The molecule has 1 aliphatic carbocycles. The maximum absolute atomic E-state index is 12.3. The summed E-state index contributed by atoms with van der Waals surface area (Å²) in [6, 6.07) is 4.30. The van der Waals surface area contributed by atoms with Gasteiger partial charge in [0.15, 0.2) is 0 Å². The summed E-state index contributed by atoms with van der Waals surface area (Å²) in [5.74, 6) is 0.148. The molecule has 1 heterocycles. The largest absolute Gasteiger partial charge is 0.348 e. The fourth-order valence-electron chi connectivity index (χ4n) is 2.63. The van der Waals surface area contributed by atoms with Gasteiger partial charge in [-0.2, -0.15) is 0 Å². The first-order valence-corrected chi connectivity index (χ1v) is 7.69. The van der Waals surface area contributed by atoms with E-state index < -0.39 is 0 Å². The normalized spacial score (nSPS) is 25.7. The van der Waals surface area contributed by atoms with Gasteiger partial charge in [-0.3, -0.25) is 4.79 Å². The second kappa shape index (κ2) is 6.34. The lowest BCUT2D eigenvalue weighted by molar-refractivity contribution is -0.127. The van der Waals surface area contributed by atoms with Crippen molar-refractivity contribution in [2.45, 2.75) is 51.1 Å². The van der Waals surface area contributed by atoms with Crippen LogP contribution in [-0.4, -0.2) is 11.9 Å². The number of amides is 1. The highest BCUT2D eigenvalue weighted by atomic mass is 32.1. The Morgan fingerprint density at radius 3 is 2.94 bits per heavy atom. The zero-order valence-corrected chi connectivity index (χ0v) is 11.7. The summed E-state index contributed by atoms with van der Waals surface area (Å²) >= 11 is 1.70. The molecule has 100 valence electrons. The number of nitrogens with two attached hydrogens (primary N) is 1. The molecule has 1 aromatic heterocycles. The van der Waals surface area contributed by atoms with Crippen LogP contribution in [0.1, 0.15) is 49.9 Å². The summed E-state index contributed by atoms with van der Waals surface area (Å²) in [6.07, 6.45) is 5.13. The third-order valence-corrected chi connectivity index (χ3v) is 4.75. The summed E-state index contributed by atoms with van der Waals surface area (Å²) in [5.41, 5.74) is 6.06. The number of thiophene rings is 1. The first-order chi connectivity index (χ1) is 8.72. The Kier molecular flexibility index (Phi) is 4.78. The number of nitrogens with one attached hydrogen (secondary N) is 1. The van der Waals surface area contributed by atoms with Gasteiger partial charge in [0.05, 0.1) is 12.0 Å². The summed E-state index contributed by atoms with van der Waals surface area (Å²) in [7, 11) is 0. The van der Waals surface area contributed by atoms with Crippen molar-refractivity contribution in [1.82, 2.24) is 5.32 Å². The number of hydrogen-bond acceptors (Lipinski definition) is 3. The molecule has 4 heteroatoms. The molecule has 0 bridgehead atoms. The van der Waals surface area contributed by atoms with E-state index in [4.69, 9.17) is 5.73 Å². The first-order valence-electron chi connectivity index (χ1n) is 6.81. The van der Waals surface area contributed by atoms with Crippen molar-refractivity contribution in [3.63, 3.8) is 0 Å². The van der Waals surface area contributed by atoms with E-state index in [1.807, 2.05) is 6.07 Å². The molecule has 18 heavy (non-hydrogen) atoms. The van der Waals surface area contributed by atoms with Crippen LogP contribution in [0, 0.1) is 5.92 Å². The molecule has 1 fully saturated rings. The molecule has 0 spiro atoms. The minimum absolute atomic E-state index is 0.00719. The van der Waals surface area contributed by atoms with Crippen LogP contribution in [0.4, 0.5) is 0 Å². The van der Waals surface area contributed by atoms with E-state index in [-0.39, 0.29) is 23.9 Å². The van der Waals surface area contributed by atoms with E-state index in [2.05, 4.69) is 23.7 Å². The molecule has 0 aliphatic heterocycles. The minimum atomic E-state index is 0.00719. The topological polar surface area (TPSA) is 55.1 Å². The zero-order chi connectivity index (χ0) is 13.0. The molecule has 0 radical (unpaired) electrons. The number of carbonyl (C=O) groups excluding carboxylic acids is 1. The van der Waals surface area contributed by atoms with Gasteiger partial charge in [0, 0.05) is 10.9 Å². The Morgan fingerprint density at radius 1 is 1.56 bits per heavy atom. The van der Waals surface area contributed by atoms with Gasteiger partial charge < -0.3 is 11.1 Å². The average molecular weight is 266 g/mol. The van der Waals surface area contributed by atoms with Crippen molar-refractivity contribution in [3.8, 4) is 0 Å². The lowest BCUT2D eigenvalue weighted by Crippen LogP contribution is -2.44. The van der Waals surface area contributed by atoms with Gasteiger partial charge in [-0.05, 0) is 30.7 Å². The number of hydrogen-bond donors (Lipinski definition) is 2. The Labute approximate surface area is 113 Å². The number of carbonyl (C=O) groups is 1. The van der Waals surface area contributed by atoms with Crippen LogP contribution in [0.15, 0.2) is 17.5 Å². The van der Waals surface area contributed by atoms with Crippen molar-refractivity contribution >= 4 is 17.2 Å². The van der Waals surface area contributed by atoms with Crippen LogP contribution in [-0.2, 0) is 4.79 Å². The van der Waals surface area contributed by atoms with Gasteiger partial charge in [0.1, 0.15) is 0 Å². The van der Waals surface area contributed by atoms with Gasteiger partial charge in [-0.1, -0.05) is 25.8 Å². The quantitative estimate of drug-likeness (QED) is 0.880. The Hall–Kier alpha value is -0.870. The van der Waals surface area contributed by atoms with Crippen LogP contribution in [0.25, 0.3) is 0 Å². The smallest absolute Gasteiger partial charge is 0.225 e. The molecule has 3 N–H and O–H groups in total. The van der Waals surface area contributed by atoms with Crippen molar-refractivity contribution < 1.29 is 4.79 Å². The lowest BCUT2D eigenvalue weighted by atomic mass is 9.84. The van der Waals surface area contributed by atoms with Crippen molar-refractivity contribution in [3.05, 3.63) is 22.4 Å². The predicted octanol–water partition coefficient (Wildman–Crippen LogP) is 2.83. The SMILES string of the molecule is CCC(NC(=O)C1CCCCC1N)c1cccs1. The second-order valence-electron chi connectivity index (χ2n) is 5.04. The maximum Gasteiger partial charge on any atom is 0.225 e. The molecule has 3 atom stereocenters. The van der Waals surface area contributed by atoms with Gasteiger partial charge in [-0.15, -0.1) is 11.3 Å². The molecule has 3 nitrogen and oxygen atoms in total. The Balaban J connectivity index is 1.97. The third kappa shape index (κ3) is 3.12. The van der Waals surface area contributed by atoms with Crippen molar-refractivity contribution in [2.75, 3.05) is 0 Å². The standard InChI is InChI=1S/C14H22N2OS/c1-2-12(13-8-5-9-18-13)16-14(17)10-6-3-4-7-11(10)15/h5,8-12H,2-4,6-7,15H2,1H3,(H,16,17). The molecule has 3 unspecified atom stereocenters. The highest BCUT2D eigenvalue weighted by Crippen LogP contribution is 2.26. The van der Waals surface area contributed by atoms with Crippen LogP contribution in [0.3, 0.4) is 0 Å². The monoisotopic (exact) mass is 266 g/mol. The van der Waals surface area contributed by atoms with Crippen LogP contribution >= 0.6 is 11.3 Å². The average Bonchev–Trinajstić information content (AvgIpc) is 2.90. The second-order valence-corrected chi connectivity index (χ2v) is 6.02. The van der Waals surface area contributed by atoms with E-state index in [9.17, 15) is 4.79 Å². The highest BCUT2D eigenvalue weighted by Gasteiger charge is 2.29. The van der Waals surface area contributed by atoms with E-state index in [1.165, 1.54) is 4.88 Å². The molecule has 1 saturated carbocycles. The van der Waals surface area contributed by atoms with Gasteiger partial charge >= 0.3 is 0 Å². The minimum Gasteiger partial charge on any atom is -0.348 e. The lowest BCUT2D eigenvalue weighted by Gasteiger charge is -2.29. The Bertz CT molecular complexity index is 377. The maximum atomic E-state index is 12.3. The van der Waals surface area contributed by atoms with Crippen LogP contribution in [0.2, 0.25) is 0 Å². The fraction of sp³-hybridized carbons (Fsp3) is 0.643. The van der Waals surface area contributed by atoms with Crippen LogP contribution < -0.4 is 11.1 Å². The van der Waals surface area contributed by atoms with Gasteiger partial charge in [0.2, 0.25) is 5.91 Å². The molecule has 0 saturated heterocycles. The zero-order valence-electron chi connectivity index (χ0n) is 10.9. The molecule has 2 rings (SSSR count). The highest BCUT2D eigenvalue weighted by molar-refractivity contribution is 7.10. The first kappa shape index (κ1) is 13.6. The van der Waals surface area contributed by atoms with E-state index in [1.54, 1.807) is 11.3 Å². The fourth-order valence-corrected chi connectivity index (χ4v) is 3.49. The van der Waals surface area contributed by atoms with E-state index in [0.717, 1.165) is 32.1 Å². The summed E-state index contributed by atoms with van der Waals surface area (Å²) < 4.78 is 0. The van der Waals surface area contributed by atoms with Crippen molar-refractivity contribution in [2.24, 2.45) is 11.7 Å². The molecule has 1 aliphatic rings. The number of rotatable bonds is 4. The van der Waals surface area contributed by atoms with E-state index in [0.29, 0.717) is 0 Å². The summed E-state index contributed by atoms with van der Waals surface area (Å²) in [6.45, 7) is 2.10. The molecule has 0 aromatic carbocycles. The van der Waals surface area contributed by atoms with Gasteiger partial charge in [-0.25, -0.2) is 0 Å². The molecular formula is C14H22N2OS. The summed E-state index contributed by atoms with van der Waals surface area (Å²) in [4.78, 5) is 13.5. The summed E-state index contributed by atoms with van der Waals surface area (Å²) in [5, 5.41) is 5.21. The van der Waals surface area contributed by atoms with Crippen molar-refractivity contribution in [1.29, 1.82) is 0 Å².